The third-order valence-electron chi connectivity index (χ3n) is 6.06. The molecule has 5 nitrogen and oxygen atoms in total. The number of piperazine rings is 1. The van der Waals surface area contributed by atoms with Crippen molar-refractivity contribution in [3.63, 3.8) is 0 Å². The second kappa shape index (κ2) is 8.25. The van der Waals surface area contributed by atoms with E-state index in [0.717, 1.165) is 49.0 Å². The molecule has 4 rings (SSSR count). The number of nitrogens with one attached hydrogen (secondary N) is 1. The number of fused-ring (bicyclic) bond motifs is 1. The SMILES string of the molecule is CC(=O)N1c2ccc(N3CCN(C)CC3)cc2C(Nc2ccc(Cl)cc2)CC1C. The lowest BCUT2D eigenvalue weighted by atomic mass is 9.90. The summed E-state index contributed by atoms with van der Waals surface area (Å²) in [5.41, 5.74) is 4.47. The fourth-order valence-electron chi connectivity index (χ4n) is 4.48. The van der Waals surface area contributed by atoms with Gasteiger partial charge in [0.05, 0.1) is 6.04 Å². The maximum Gasteiger partial charge on any atom is 0.224 e. The van der Waals surface area contributed by atoms with Crippen LogP contribution < -0.4 is 15.1 Å². The van der Waals surface area contributed by atoms with Crippen LogP contribution in [0.3, 0.4) is 0 Å². The van der Waals surface area contributed by atoms with Crippen molar-refractivity contribution < 1.29 is 4.79 Å². The van der Waals surface area contributed by atoms with Gasteiger partial charge in [0.1, 0.15) is 0 Å². The lowest BCUT2D eigenvalue weighted by Gasteiger charge is -2.41. The van der Waals surface area contributed by atoms with E-state index in [1.54, 1.807) is 6.92 Å². The molecule has 0 spiro atoms. The highest BCUT2D eigenvalue weighted by Gasteiger charge is 2.33. The molecule has 2 aromatic carbocycles. The summed E-state index contributed by atoms with van der Waals surface area (Å²) < 4.78 is 0. The monoisotopic (exact) mass is 412 g/mol. The first-order valence-corrected chi connectivity index (χ1v) is 10.7. The predicted octanol–water partition coefficient (Wildman–Crippen LogP) is 4.39. The minimum Gasteiger partial charge on any atom is -0.378 e. The fourth-order valence-corrected chi connectivity index (χ4v) is 4.60. The molecule has 1 saturated heterocycles. The largest absolute Gasteiger partial charge is 0.378 e. The van der Waals surface area contributed by atoms with Gasteiger partial charge in [0, 0.05) is 66.8 Å². The van der Waals surface area contributed by atoms with Gasteiger partial charge in [-0.3, -0.25) is 4.79 Å². The highest BCUT2D eigenvalue weighted by molar-refractivity contribution is 6.30. The zero-order valence-electron chi connectivity index (χ0n) is 17.4. The van der Waals surface area contributed by atoms with Gasteiger partial charge in [0.2, 0.25) is 5.91 Å². The van der Waals surface area contributed by atoms with Crippen molar-refractivity contribution in [2.24, 2.45) is 0 Å². The molecular weight excluding hydrogens is 384 g/mol. The average molecular weight is 413 g/mol. The minimum atomic E-state index is 0.0936. The van der Waals surface area contributed by atoms with Crippen LogP contribution in [0.15, 0.2) is 42.5 Å². The van der Waals surface area contributed by atoms with Crippen LogP contribution in [-0.4, -0.2) is 50.1 Å². The molecule has 154 valence electrons. The first-order valence-electron chi connectivity index (χ1n) is 10.3. The van der Waals surface area contributed by atoms with E-state index in [0.29, 0.717) is 0 Å². The number of halogens is 1. The van der Waals surface area contributed by atoms with Crippen molar-refractivity contribution in [2.75, 3.05) is 48.3 Å². The fraction of sp³-hybridized carbons (Fsp3) is 0.435. The Bertz CT molecular complexity index is 877. The Morgan fingerprint density at radius 1 is 1.07 bits per heavy atom. The van der Waals surface area contributed by atoms with Crippen molar-refractivity contribution in [1.29, 1.82) is 0 Å². The standard InChI is InChI=1S/C23H29ClN4O/c1-16-14-22(25-19-6-4-18(24)5-7-19)21-15-20(27-12-10-26(3)11-13-27)8-9-23(21)28(16)17(2)29/h4-9,15-16,22,25H,10-14H2,1-3H3. The van der Waals surface area contributed by atoms with Crippen LogP contribution in [0.1, 0.15) is 31.9 Å². The summed E-state index contributed by atoms with van der Waals surface area (Å²) in [6.07, 6.45) is 0.862. The molecule has 0 aliphatic carbocycles. The smallest absolute Gasteiger partial charge is 0.224 e. The third-order valence-corrected chi connectivity index (χ3v) is 6.31. The minimum absolute atomic E-state index is 0.0936. The highest BCUT2D eigenvalue weighted by Crippen LogP contribution is 2.41. The van der Waals surface area contributed by atoms with Crippen LogP contribution in [0.2, 0.25) is 5.02 Å². The summed E-state index contributed by atoms with van der Waals surface area (Å²) >= 11 is 6.05. The highest BCUT2D eigenvalue weighted by atomic mass is 35.5. The van der Waals surface area contributed by atoms with E-state index in [2.05, 4.69) is 47.3 Å². The number of hydrogen-bond donors (Lipinski definition) is 1. The van der Waals surface area contributed by atoms with Crippen LogP contribution in [0, 0.1) is 0 Å². The number of likely N-dealkylation sites (N-methyl/N-ethyl adjacent to an activating group) is 1. The molecule has 0 radical (unpaired) electrons. The van der Waals surface area contributed by atoms with E-state index in [4.69, 9.17) is 11.6 Å². The maximum atomic E-state index is 12.4. The van der Waals surface area contributed by atoms with Crippen molar-refractivity contribution in [1.82, 2.24) is 4.90 Å². The first kappa shape index (κ1) is 20.0. The number of rotatable bonds is 3. The quantitative estimate of drug-likeness (QED) is 0.811. The van der Waals surface area contributed by atoms with Gasteiger partial charge in [0.25, 0.3) is 0 Å². The van der Waals surface area contributed by atoms with E-state index >= 15 is 0 Å². The molecule has 1 fully saturated rings. The molecule has 6 heteroatoms. The number of hydrogen-bond acceptors (Lipinski definition) is 4. The molecule has 0 saturated carbocycles. The molecule has 2 aliphatic rings. The summed E-state index contributed by atoms with van der Waals surface area (Å²) in [6.45, 7) is 7.96. The zero-order valence-corrected chi connectivity index (χ0v) is 18.1. The maximum absolute atomic E-state index is 12.4. The first-order chi connectivity index (χ1) is 13.9. The lowest BCUT2D eigenvalue weighted by Crippen LogP contribution is -2.45. The number of nitrogens with zero attached hydrogens (tertiary/aromatic N) is 3. The second-order valence-corrected chi connectivity index (χ2v) is 8.65. The van der Waals surface area contributed by atoms with Gasteiger partial charge < -0.3 is 20.0 Å². The van der Waals surface area contributed by atoms with Crippen molar-refractivity contribution in [3.05, 3.63) is 53.1 Å². The summed E-state index contributed by atoms with van der Waals surface area (Å²) in [5, 5.41) is 4.40. The van der Waals surface area contributed by atoms with E-state index < -0.39 is 0 Å². The van der Waals surface area contributed by atoms with Crippen LogP contribution >= 0.6 is 11.6 Å². The van der Waals surface area contributed by atoms with Gasteiger partial charge in [0.15, 0.2) is 0 Å². The van der Waals surface area contributed by atoms with Crippen LogP contribution in [0.5, 0.6) is 0 Å². The molecule has 2 unspecified atom stereocenters. The molecule has 0 bridgehead atoms. The molecule has 2 aliphatic heterocycles. The van der Waals surface area contributed by atoms with Gasteiger partial charge in [-0.1, -0.05) is 11.6 Å². The summed E-state index contributed by atoms with van der Waals surface area (Å²) in [7, 11) is 2.17. The van der Waals surface area contributed by atoms with Gasteiger partial charge in [-0.2, -0.15) is 0 Å². The normalized spacial score (nSPS) is 22.3. The molecule has 2 atom stereocenters. The predicted molar refractivity (Wildman–Crippen MR) is 121 cm³/mol. The van der Waals surface area contributed by atoms with Gasteiger partial charge >= 0.3 is 0 Å². The number of carbonyl (C=O) groups excluding carboxylic acids is 1. The molecule has 2 heterocycles. The van der Waals surface area contributed by atoms with Crippen molar-refractivity contribution in [2.45, 2.75) is 32.4 Å². The molecule has 0 aromatic heterocycles. The summed E-state index contributed by atoms with van der Waals surface area (Å²) in [5.74, 6) is 0.0936. The topological polar surface area (TPSA) is 38.8 Å². The summed E-state index contributed by atoms with van der Waals surface area (Å²) in [6, 6.07) is 14.7. The Hall–Kier alpha value is -2.24. The van der Waals surface area contributed by atoms with Crippen LogP contribution in [0.25, 0.3) is 0 Å². The van der Waals surface area contributed by atoms with Crippen LogP contribution in [-0.2, 0) is 4.79 Å². The molecular formula is C23H29ClN4O. The van der Waals surface area contributed by atoms with E-state index in [9.17, 15) is 4.79 Å². The lowest BCUT2D eigenvalue weighted by molar-refractivity contribution is -0.117. The van der Waals surface area contributed by atoms with Crippen molar-refractivity contribution in [3.8, 4) is 0 Å². The van der Waals surface area contributed by atoms with Gasteiger partial charge in [-0.15, -0.1) is 0 Å². The number of carbonyl (C=O) groups is 1. The number of benzene rings is 2. The van der Waals surface area contributed by atoms with Gasteiger partial charge in [-0.05, 0) is 62.9 Å². The van der Waals surface area contributed by atoms with E-state index in [1.807, 2.05) is 29.2 Å². The molecule has 1 N–H and O–H groups in total. The number of anilines is 3. The number of amides is 1. The Labute approximate surface area is 178 Å². The van der Waals surface area contributed by atoms with E-state index in [-0.39, 0.29) is 18.0 Å². The summed E-state index contributed by atoms with van der Waals surface area (Å²) in [4.78, 5) is 19.1. The third kappa shape index (κ3) is 4.21. The Morgan fingerprint density at radius 3 is 2.41 bits per heavy atom. The average Bonchev–Trinajstić information content (AvgIpc) is 2.70. The molecule has 29 heavy (non-hydrogen) atoms. The Kier molecular flexibility index (Phi) is 5.70. The Balaban J connectivity index is 1.68. The van der Waals surface area contributed by atoms with Gasteiger partial charge in [-0.25, -0.2) is 0 Å². The second-order valence-electron chi connectivity index (χ2n) is 8.21. The van der Waals surface area contributed by atoms with E-state index in [1.165, 1.54) is 11.3 Å². The molecule has 2 aromatic rings. The van der Waals surface area contributed by atoms with Crippen molar-refractivity contribution >= 4 is 34.6 Å². The molecule has 1 amide bonds. The zero-order chi connectivity index (χ0) is 20.5. The Morgan fingerprint density at radius 2 is 1.76 bits per heavy atom. The van der Waals surface area contributed by atoms with Crippen LogP contribution in [0.4, 0.5) is 17.1 Å².